The van der Waals surface area contributed by atoms with Gasteiger partial charge in [0.05, 0.1) is 15.5 Å². The van der Waals surface area contributed by atoms with Crippen molar-refractivity contribution in [1.29, 1.82) is 0 Å². The number of sulfonamides is 1. The van der Waals surface area contributed by atoms with Crippen molar-refractivity contribution in [2.24, 2.45) is 5.92 Å². The van der Waals surface area contributed by atoms with E-state index in [1.165, 1.54) is 29.2 Å². The van der Waals surface area contributed by atoms with E-state index >= 15 is 0 Å². The maximum absolute atomic E-state index is 13.5. The molecule has 32 heavy (non-hydrogen) atoms. The molecule has 10 heteroatoms. The summed E-state index contributed by atoms with van der Waals surface area (Å²) < 4.78 is 67.1. The van der Waals surface area contributed by atoms with Gasteiger partial charge in [-0.25, -0.2) is 21.2 Å². The maximum Gasteiger partial charge on any atom is 0.241 e. The lowest BCUT2D eigenvalue weighted by molar-refractivity contribution is -0.134. The number of likely N-dealkylation sites (tertiary alicyclic amines) is 1. The molecule has 174 valence electrons. The van der Waals surface area contributed by atoms with Gasteiger partial charge in [-0.1, -0.05) is 38.1 Å². The van der Waals surface area contributed by atoms with Crippen LogP contribution in [0.5, 0.6) is 0 Å². The number of sulfone groups is 1. The Morgan fingerprint density at radius 2 is 1.72 bits per heavy atom. The first kappa shape index (κ1) is 24.3. The van der Waals surface area contributed by atoms with E-state index in [0.717, 1.165) is 12.1 Å². The third-order valence-electron chi connectivity index (χ3n) is 5.50. The van der Waals surface area contributed by atoms with E-state index in [-0.39, 0.29) is 15.5 Å². The number of benzene rings is 2. The van der Waals surface area contributed by atoms with Crippen LogP contribution in [0.2, 0.25) is 0 Å². The highest BCUT2D eigenvalue weighted by Crippen LogP contribution is 2.24. The zero-order valence-corrected chi connectivity index (χ0v) is 19.6. The summed E-state index contributed by atoms with van der Waals surface area (Å²) in [5.41, 5.74) is 0. The van der Waals surface area contributed by atoms with Gasteiger partial charge >= 0.3 is 0 Å². The van der Waals surface area contributed by atoms with E-state index in [4.69, 9.17) is 0 Å². The number of carbonyl (C=O) groups is 1. The zero-order valence-electron chi connectivity index (χ0n) is 17.9. The van der Waals surface area contributed by atoms with Crippen LogP contribution >= 0.6 is 0 Å². The molecule has 2 atom stereocenters. The fraction of sp³-hybridized carbons (Fsp3) is 0.409. The number of carbonyl (C=O) groups excluding carboxylic acids is 1. The SMILES string of the molecule is CC(C)C(NS(=O)(=O)c1cccc(F)c1)C(=O)N1CCCC1CS(=O)(=O)c1ccccc1. The highest BCUT2D eigenvalue weighted by atomic mass is 32.2. The van der Waals surface area contributed by atoms with E-state index in [0.29, 0.717) is 19.4 Å². The Bertz CT molecular complexity index is 1170. The van der Waals surface area contributed by atoms with Crippen LogP contribution in [-0.4, -0.2) is 52.0 Å². The Morgan fingerprint density at radius 1 is 1.06 bits per heavy atom. The lowest BCUT2D eigenvalue weighted by Gasteiger charge is -2.31. The summed E-state index contributed by atoms with van der Waals surface area (Å²) in [7, 11) is -7.77. The topological polar surface area (TPSA) is 101 Å². The van der Waals surface area contributed by atoms with Crippen molar-refractivity contribution >= 4 is 25.8 Å². The number of amides is 1. The second-order valence-corrected chi connectivity index (χ2v) is 12.0. The third-order valence-corrected chi connectivity index (χ3v) is 8.75. The van der Waals surface area contributed by atoms with Gasteiger partial charge < -0.3 is 4.90 Å². The number of halogens is 1. The zero-order chi connectivity index (χ0) is 23.5. The molecule has 2 aromatic rings. The van der Waals surface area contributed by atoms with E-state index in [2.05, 4.69) is 4.72 Å². The molecule has 1 heterocycles. The van der Waals surface area contributed by atoms with Crippen molar-refractivity contribution in [3.8, 4) is 0 Å². The van der Waals surface area contributed by atoms with Crippen molar-refractivity contribution < 1.29 is 26.0 Å². The van der Waals surface area contributed by atoms with Gasteiger partial charge in [-0.05, 0) is 49.1 Å². The minimum atomic E-state index is -4.15. The minimum Gasteiger partial charge on any atom is -0.337 e. The Balaban J connectivity index is 1.81. The minimum absolute atomic E-state index is 0.187. The van der Waals surface area contributed by atoms with Crippen LogP contribution in [0.15, 0.2) is 64.4 Å². The first-order valence-corrected chi connectivity index (χ1v) is 13.5. The average molecular weight is 483 g/mol. The van der Waals surface area contributed by atoms with E-state index in [1.54, 1.807) is 32.0 Å². The largest absolute Gasteiger partial charge is 0.337 e. The van der Waals surface area contributed by atoms with Crippen LogP contribution in [0.25, 0.3) is 0 Å². The molecule has 1 fully saturated rings. The van der Waals surface area contributed by atoms with Gasteiger partial charge in [0.25, 0.3) is 0 Å². The molecule has 1 saturated heterocycles. The quantitative estimate of drug-likeness (QED) is 0.623. The summed E-state index contributed by atoms with van der Waals surface area (Å²) in [4.78, 5) is 14.7. The van der Waals surface area contributed by atoms with Gasteiger partial charge in [-0.3, -0.25) is 4.79 Å². The fourth-order valence-electron chi connectivity index (χ4n) is 3.80. The fourth-order valence-corrected chi connectivity index (χ4v) is 6.78. The number of hydrogen-bond acceptors (Lipinski definition) is 5. The van der Waals surface area contributed by atoms with Crippen molar-refractivity contribution in [3.63, 3.8) is 0 Å². The molecule has 1 amide bonds. The van der Waals surface area contributed by atoms with Crippen molar-refractivity contribution in [2.45, 2.75) is 48.6 Å². The van der Waals surface area contributed by atoms with Crippen LogP contribution in [0.3, 0.4) is 0 Å². The smallest absolute Gasteiger partial charge is 0.241 e. The van der Waals surface area contributed by atoms with Gasteiger partial charge in [0.15, 0.2) is 9.84 Å². The molecule has 3 rings (SSSR count). The second kappa shape index (κ2) is 9.68. The highest BCUT2D eigenvalue weighted by Gasteiger charge is 2.38. The Labute approximate surface area is 188 Å². The molecule has 0 bridgehead atoms. The van der Waals surface area contributed by atoms with Crippen molar-refractivity contribution in [3.05, 3.63) is 60.4 Å². The Hall–Kier alpha value is -2.30. The monoisotopic (exact) mass is 482 g/mol. The molecule has 1 aliphatic rings. The van der Waals surface area contributed by atoms with Crippen LogP contribution in [0, 0.1) is 11.7 Å². The molecule has 0 aromatic heterocycles. The molecule has 2 unspecified atom stereocenters. The lowest BCUT2D eigenvalue weighted by atomic mass is 10.0. The third kappa shape index (κ3) is 5.54. The Kier molecular flexibility index (Phi) is 7.36. The first-order chi connectivity index (χ1) is 15.0. The summed E-state index contributed by atoms with van der Waals surface area (Å²) in [6.07, 6.45) is 1.14. The van der Waals surface area contributed by atoms with Crippen LogP contribution in [0.1, 0.15) is 26.7 Å². The molecule has 0 spiro atoms. The van der Waals surface area contributed by atoms with Crippen LogP contribution in [-0.2, 0) is 24.7 Å². The molecule has 1 aliphatic heterocycles. The van der Waals surface area contributed by atoms with Gasteiger partial charge in [0.2, 0.25) is 15.9 Å². The lowest BCUT2D eigenvalue weighted by Crippen LogP contribution is -2.53. The highest BCUT2D eigenvalue weighted by molar-refractivity contribution is 7.91. The predicted molar refractivity (Wildman–Crippen MR) is 119 cm³/mol. The van der Waals surface area contributed by atoms with Crippen molar-refractivity contribution in [2.75, 3.05) is 12.3 Å². The normalized spacial score (nSPS) is 18.1. The van der Waals surface area contributed by atoms with Crippen LogP contribution < -0.4 is 4.72 Å². The van der Waals surface area contributed by atoms with Crippen LogP contribution in [0.4, 0.5) is 4.39 Å². The second-order valence-electron chi connectivity index (χ2n) is 8.22. The predicted octanol–water partition coefficient (Wildman–Crippen LogP) is 2.59. The van der Waals surface area contributed by atoms with Gasteiger partial charge in [-0.15, -0.1) is 0 Å². The molecular formula is C22H27FN2O5S2. The summed E-state index contributed by atoms with van der Waals surface area (Å²) >= 11 is 0. The summed E-state index contributed by atoms with van der Waals surface area (Å²) in [5, 5.41) is 0. The number of hydrogen-bond donors (Lipinski definition) is 1. The van der Waals surface area contributed by atoms with Crippen molar-refractivity contribution in [1.82, 2.24) is 9.62 Å². The van der Waals surface area contributed by atoms with Gasteiger partial charge in [0.1, 0.15) is 11.9 Å². The maximum atomic E-state index is 13.5. The molecule has 0 saturated carbocycles. The summed E-state index contributed by atoms with van der Waals surface area (Å²) in [6.45, 7) is 3.74. The molecule has 0 radical (unpaired) electrons. The number of nitrogens with one attached hydrogen (secondary N) is 1. The number of nitrogens with zero attached hydrogens (tertiary/aromatic N) is 1. The average Bonchev–Trinajstić information content (AvgIpc) is 3.19. The first-order valence-electron chi connectivity index (χ1n) is 10.4. The molecule has 0 aliphatic carbocycles. The standard InChI is InChI=1S/C22H27FN2O5S2/c1-16(2)21(24-32(29,30)20-12-6-8-17(23)14-20)22(26)25-13-7-9-18(25)15-31(27,28)19-10-4-3-5-11-19/h3-6,8,10-12,14,16,18,21,24H,7,9,13,15H2,1-2H3. The van der Waals surface area contributed by atoms with Gasteiger partial charge in [-0.2, -0.15) is 4.72 Å². The van der Waals surface area contributed by atoms with Gasteiger partial charge in [0, 0.05) is 12.6 Å². The summed E-state index contributed by atoms with van der Waals surface area (Å²) in [6, 6.07) is 10.9. The van der Waals surface area contributed by atoms with E-state index < -0.39 is 49.6 Å². The van der Waals surface area contributed by atoms with E-state index in [9.17, 15) is 26.0 Å². The summed E-state index contributed by atoms with van der Waals surface area (Å²) in [5.74, 6) is -1.82. The van der Waals surface area contributed by atoms with E-state index in [1.807, 2.05) is 0 Å². The molecule has 1 N–H and O–H groups in total. The number of rotatable bonds is 8. The Morgan fingerprint density at radius 3 is 2.34 bits per heavy atom. The molecular weight excluding hydrogens is 455 g/mol. The molecule has 2 aromatic carbocycles. The molecule has 7 nitrogen and oxygen atoms in total.